The molecule has 0 saturated heterocycles. The molecule has 0 aliphatic heterocycles. The van der Waals surface area contributed by atoms with Crippen LogP contribution in [0.3, 0.4) is 0 Å². The Hall–Kier alpha value is -0.850. The third-order valence-electron chi connectivity index (χ3n) is 3.15. The fourth-order valence-corrected chi connectivity index (χ4v) is 3.81. The van der Waals surface area contributed by atoms with Gasteiger partial charge in [-0.2, -0.15) is 4.31 Å². The van der Waals surface area contributed by atoms with Gasteiger partial charge in [0.25, 0.3) is 5.56 Å². The van der Waals surface area contributed by atoms with Crippen LogP contribution in [0.25, 0.3) is 0 Å². The first-order valence-corrected chi connectivity index (χ1v) is 8.04. The monoisotopic (exact) mass is 304 g/mol. The first kappa shape index (κ1) is 14.6. The van der Waals surface area contributed by atoms with Crippen LogP contribution in [-0.2, 0) is 10.0 Å². The molecule has 1 aromatic heterocycles. The summed E-state index contributed by atoms with van der Waals surface area (Å²) in [6, 6.07) is 1.08. The number of hydrogen-bond acceptors (Lipinski definition) is 3. The number of nitrogens with one attached hydrogen (secondary N) is 1. The Bertz CT molecular complexity index is 620. The Morgan fingerprint density at radius 3 is 2.58 bits per heavy atom. The Morgan fingerprint density at radius 2 is 2.11 bits per heavy atom. The van der Waals surface area contributed by atoms with Crippen LogP contribution in [0.5, 0.6) is 0 Å². The molecule has 1 aromatic rings. The van der Waals surface area contributed by atoms with E-state index in [1.54, 1.807) is 0 Å². The molecule has 1 heterocycles. The van der Waals surface area contributed by atoms with Crippen LogP contribution in [0.15, 0.2) is 22.0 Å². The fourth-order valence-electron chi connectivity index (χ4n) is 1.86. The number of aromatic nitrogens is 1. The molecule has 19 heavy (non-hydrogen) atoms. The van der Waals surface area contributed by atoms with Gasteiger partial charge in [0, 0.05) is 18.8 Å². The molecule has 106 valence electrons. The lowest BCUT2D eigenvalue weighted by Gasteiger charge is -2.25. The summed E-state index contributed by atoms with van der Waals surface area (Å²) in [6.45, 7) is 4.21. The van der Waals surface area contributed by atoms with Crippen molar-refractivity contribution in [1.82, 2.24) is 9.29 Å². The van der Waals surface area contributed by atoms with E-state index in [4.69, 9.17) is 11.6 Å². The molecule has 0 unspecified atom stereocenters. The average Bonchev–Trinajstić information content (AvgIpc) is 3.12. The van der Waals surface area contributed by atoms with E-state index < -0.39 is 15.6 Å². The van der Waals surface area contributed by atoms with Crippen molar-refractivity contribution >= 4 is 21.6 Å². The number of pyridine rings is 1. The van der Waals surface area contributed by atoms with Crippen LogP contribution in [-0.4, -0.2) is 30.3 Å². The third kappa shape index (κ3) is 3.19. The maximum atomic E-state index is 12.5. The van der Waals surface area contributed by atoms with Gasteiger partial charge in [-0.1, -0.05) is 11.6 Å². The van der Waals surface area contributed by atoms with Crippen molar-refractivity contribution in [2.24, 2.45) is 5.92 Å². The third-order valence-corrected chi connectivity index (χ3v) is 5.45. The van der Waals surface area contributed by atoms with Gasteiger partial charge in [0.15, 0.2) is 0 Å². The molecule has 2 rings (SSSR count). The normalized spacial score (nSPS) is 16.3. The van der Waals surface area contributed by atoms with Crippen LogP contribution >= 0.6 is 11.6 Å². The molecule has 0 atom stereocenters. The molecular formula is C12H17ClN2O3S. The molecule has 0 aromatic carbocycles. The van der Waals surface area contributed by atoms with Crippen LogP contribution in [0.1, 0.15) is 26.7 Å². The van der Waals surface area contributed by atoms with Crippen LogP contribution < -0.4 is 5.56 Å². The maximum absolute atomic E-state index is 12.5. The molecule has 1 N–H and O–H groups in total. The molecule has 5 nitrogen and oxygen atoms in total. The number of nitrogens with zero attached hydrogens (tertiary/aromatic N) is 1. The van der Waals surface area contributed by atoms with E-state index in [2.05, 4.69) is 4.98 Å². The lowest BCUT2D eigenvalue weighted by molar-refractivity contribution is 0.341. The average molecular weight is 305 g/mol. The zero-order valence-electron chi connectivity index (χ0n) is 10.9. The Morgan fingerprint density at radius 1 is 1.47 bits per heavy atom. The summed E-state index contributed by atoms with van der Waals surface area (Å²) >= 11 is 5.70. The number of halogens is 1. The topological polar surface area (TPSA) is 70.2 Å². The van der Waals surface area contributed by atoms with Crippen molar-refractivity contribution in [3.05, 3.63) is 27.6 Å². The highest BCUT2D eigenvalue weighted by atomic mass is 35.5. The second kappa shape index (κ2) is 5.26. The second-order valence-electron chi connectivity index (χ2n) is 5.12. The van der Waals surface area contributed by atoms with Gasteiger partial charge in [0.1, 0.15) is 5.02 Å². The van der Waals surface area contributed by atoms with E-state index >= 15 is 0 Å². The molecule has 1 aliphatic rings. The predicted octanol–water partition coefficient (Wildman–Crippen LogP) is 1.84. The van der Waals surface area contributed by atoms with Gasteiger partial charge in [-0.05, 0) is 38.7 Å². The Kier molecular flexibility index (Phi) is 4.03. The van der Waals surface area contributed by atoms with Crippen molar-refractivity contribution in [2.45, 2.75) is 37.6 Å². The van der Waals surface area contributed by atoms with E-state index in [0.29, 0.717) is 12.5 Å². The standard InChI is InChI=1S/C12H17ClN2O3S/c1-8(2)15(7-9-3-4-9)19(17,18)10-5-11(13)12(16)14-6-10/h5-6,8-9H,3-4,7H2,1-2H3,(H,14,16). The lowest BCUT2D eigenvalue weighted by Crippen LogP contribution is -2.38. The predicted molar refractivity (Wildman–Crippen MR) is 73.8 cm³/mol. The summed E-state index contributed by atoms with van der Waals surface area (Å²) in [6.07, 6.45) is 3.35. The molecular weight excluding hydrogens is 288 g/mol. The lowest BCUT2D eigenvalue weighted by atomic mass is 10.3. The van der Waals surface area contributed by atoms with Crippen LogP contribution in [0, 0.1) is 5.92 Å². The second-order valence-corrected chi connectivity index (χ2v) is 7.42. The van der Waals surface area contributed by atoms with E-state index in [9.17, 15) is 13.2 Å². The Labute approximate surface area is 117 Å². The van der Waals surface area contributed by atoms with Crippen molar-refractivity contribution in [3.8, 4) is 0 Å². The zero-order chi connectivity index (χ0) is 14.2. The molecule has 1 saturated carbocycles. The first-order valence-electron chi connectivity index (χ1n) is 6.22. The minimum absolute atomic E-state index is 0.0338. The van der Waals surface area contributed by atoms with Crippen LogP contribution in [0.2, 0.25) is 5.02 Å². The summed E-state index contributed by atoms with van der Waals surface area (Å²) in [7, 11) is -3.62. The highest BCUT2D eigenvalue weighted by Gasteiger charge is 2.33. The van der Waals surface area contributed by atoms with Gasteiger partial charge < -0.3 is 4.98 Å². The molecule has 1 fully saturated rings. The fraction of sp³-hybridized carbons (Fsp3) is 0.583. The number of H-pyrrole nitrogens is 1. The largest absolute Gasteiger partial charge is 0.326 e. The highest BCUT2D eigenvalue weighted by molar-refractivity contribution is 7.89. The first-order chi connectivity index (χ1) is 8.82. The van der Waals surface area contributed by atoms with E-state index in [1.807, 2.05) is 13.8 Å². The SMILES string of the molecule is CC(C)N(CC1CC1)S(=O)(=O)c1c[nH]c(=O)c(Cl)c1. The number of sulfonamides is 1. The number of rotatable bonds is 5. The van der Waals surface area contributed by atoms with E-state index in [1.165, 1.54) is 16.6 Å². The summed E-state index contributed by atoms with van der Waals surface area (Å²) in [5, 5.41) is -0.115. The van der Waals surface area contributed by atoms with Crippen LogP contribution in [0.4, 0.5) is 0 Å². The molecule has 1 aliphatic carbocycles. The molecule has 0 bridgehead atoms. The van der Waals surface area contributed by atoms with E-state index in [0.717, 1.165) is 12.8 Å². The molecule has 0 spiro atoms. The minimum atomic E-state index is -3.62. The van der Waals surface area contributed by atoms with Gasteiger partial charge >= 0.3 is 0 Å². The quantitative estimate of drug-likeness (QED) is 0.902. The summed E-state index contributed by atoms with van der Waals surface area (Å²) in [5.74, 6) is 0.454. The zero-order valence-corrected chi connectivity index (χ0v) is 12.5. The van der Waals surface area contributed by atoms with Gasteiger partial charge in [-0.3, -0.25) is 4.79 Å². The summed E-state index contributed by atoms with van der Waals surface area (Å²) < 4.78 is 26.6. The molecule has 0 amide bonds. The van der Waals surface area contributed by atoms with Crippen molar-refractivity contribution in [1.29, 1.82) is 0 Å². The Balaban J connectivity index is 2.37. The maximum Gasteiger partial charge on any atom is 0.266 e. The van der Waals surface area contributed by atoms with Gasteiger partial charge in [-0.25, -0.2) is 8.42 Å². The number of aromatic amines is 1. The smallest absolute Gasteiger partial charge is 0.266 e. The van der Waals surface area contributed by atoms with Crippen molar-refractivity contribution in [2.75, 3.05) is 6.54 Å². The van der Waals surface area contributed by atoms with Gasteiger partial charge in [-0.15, -0.1) is 0 Å². The van der Waals surface area contributed by atoms with Gasteiger partial charge in [0.05, 0.1) is 4.90 Å². The van der Waals surface area contributed by atoms with Gasteiger partial charge in [0.2, 0.25) is 10.0 Å². The minimum Gasteiger partial charge on any atom is -0.326 e. The number of hydrogen-bond donors (Lipinski definition) is 1. The molecule has 0 radical (unpaired) electrons. The van der Waals surface area contributed by atoms with E-state index in [-0.39, 0.29) is 16.0 Å². The highest BCUT2D eigenvalue weighted by Crippen LogP contribution is 2.32. The van der Waals surface area contributed by atoms with Crippen molar-refractivity contribution < 1.29 is 8.42 Å². The molecule has 7 heteroatoms. The summed E-state index contributed by atoms with van der Waals surface area (Å²) in [5.41, 5.74) is -0.487. The van der Waals surface area contributed by atoms with Crippen molar-refractivity contribution in [3.63, 3.8) is 0 Å². The summed E-state index contributed by atoms with van der Waals surface area (Å²) in [4.78, 5) is 13.6.